The van der Waals surface area contributed by atoms with Gasteiger partial charge in [-0.3, -0.25) is 9.59 Å². The number of amides is 2. The maximum absolute atomic E-state index is 12.7. The van der Waals surface area contributed by atoms with E-state index in [1.165, 1.54) is 25.2 Å². The number of carbonyl (C=O) groups is 2. The summed E-state index contributed by atoms with van der Waals surface area (Å²) in [5, 5.41) is 3.34. The van der Waals surface area contributed by atoms with Crippen LogP contribution >= 0.6 is 11.6 Å². The van der Waals surface area contributed by atoms with Crippen LogP contribution < -0.4 is 19.5 Å². The normalized spacial score (nSPS) is 11.4. The monoisotopic (exact) mass is 420 g/mol. The van der Waals surface area contributed by atoms with Crippen LogP contribution in [0.3, 0.4) is 0 Å². The molecule has 0 radical (unpaired) electrons. The van der Waals surface area contributed by atoms with Crippen LogP contribution in [0.2, 0.25) is 5.02 Å². The Hall–Kier alpha value is -2.93. The van der Waals surface area contributed by atoms with Gasteiger partial charge >= 0.3 is 0 Å². The fourth-order valence-corrected chi connectivity index (χ4v) is 2.85. The van der Waals surface area contributed by atoms with Crippen molar-refractivity contribution in [3.63, 3.8) is 0 Å². The molecule has 0 aliphatic heterocycles. The van der Waals surface area contributed by atoms with Crippen LogP contribution in [0, 0.1) is 6.92 Å². The van der Waals surface area contributed by atoms with E-state index in [0.29, 0.717) is 28.0 Å². The molecular formula is C21H25ClN2O5. The van der Waals surface area contributed by atoms with Crippen LogP contribution in [-0.4, -0.2) is 51.1 Å². The van der Waals surface area contributed by atoms with Gasteiger partial charge in [-0.05, 0) is 43.7 Å². The average molecular weight is 421 g/mol. The molecule has 2 aromatic carbocycles. The summed E-state index contributed by atoms with van der Waals surface area (Å²) in [5.41, 5.74) is 1.39. The van der Waals surface area contributed by atoms with Gasteiger partial charge in [-0.25, -0.2) is 0 Å². The number of hydrogen-bond donors (Lipinski definition) is 1. The Labute approximate surface area is 175 Å². The number of anilines is 1. The van der Waals surface area contributed by atoms with Gasteiger partial charge in [-0.15, -0.1) is 0 Å². The predicted molar refractivity (Wildman–Crippen MR) is 112 cm³/mol. The molecule has 8 heteroatoms. The number of aryl methyl sites for hydroxylation is 1. The first-order valence-electron chi connectivity index (χ1n) is 8.89. The molecule has 0 saturated heterocycles. The number of ether oxygens (including phenoxy) is 3. The first-order valence-corrected chi connectivity index (χ1v) is 9.27. The molecule has 2 aromatic rings. The van der Waals surface area contributed by atoms with Crippen molar-refractivity contribution in [2.24, 2.45) is 0 Å². The van der Waals surface area contributed by atoms with Crippen molar-refractivity contribution in [2.75, 3.05) is 33.6 Å². The molecule has 29 heavy (non-hydrogen) atoms. The number of rotatable bonds is 7. The van der Waals surface area contributed by atoms with Gasteiger partial charge in [0, 0.05) is 25.2 Å². The zero-order valence-corrected chi connectivity index (χ0v) is 18.1. The standard InChI is InChI=1S/C21H25ClN2O5/c1-12-9-14(22)7-8-17(12)29-13(2)20(25)23-16-11-19(28-6)18(27-5)10-15(16)21(26)24(3)4/h7-11,13H,1-6H3,(H,23,25). The fourth-order valence-electron chi connectivity index (χ4n) is 2.62. The van der Waals surface area contributed by atoms with Crippen LogP contribution in [-0.2, 0) is 4.79 Å². The van der Waals surface area contributed by atoms with Crippen LogP contribution in [0.15, 0.2) is 30.3 Å². The number of nitrogens with zero attached hydrogens (tertiary/aromatic N) is 1. The molecule has 1 N–H and O–H groups in total. The maximum atomic E-state index is 12.7. The number of carbonyl (C=O) groups excluding carboxylic acids is 2. The first kappa shape index (κ1) is 22.4. The third-order valence-electron chi connectivity index (χ3n) is 4.23. The zero-order valence-electron chi connectivity index (χ0n) is 17.3. The predicted octanol–water partition coefficient (Wildman–Crippen LogP) is 3.77. The largest absolute Gasteiger partial charge is 0.493 e. The number of methoxy groups -OCH3 is 2. The van der Waals surface area contributed by atoms with E-state index in [4.69, 9.17) is 25.8 Å². The minimum atomic E-state index is -0.815. The molecule has 0 fully saturated rings. The molecule has 0 saturated carbocycles. The number of nitrogens with one attached hydrogen (secondary N) is 1. The van der Waals surface area contributed by atoms with Crippen molar-refractivity contribution in [1.29, 1.82) is 0 Å². The molecule has 0 aliphatic rings. The van der Waals surface area contributed by atoms with Crippen molar-refractivity contribution >= 4 is 29.1 Å². The van der Waals surface area contributed by atoms with E-state index < -0.39 is 12.0 Å². The van der Waals surface area contributed by atoms with Crippen molar-refractivity contribution in [3.05, 3.63) is 46.5 Å². The Balaban J connectivity index is 2.30. The van der Waals surface area contributed by atoms with E-state index in [9.17, 15) is 9.59 Å². The highest BCUT2D eigenvalue weighted by Gasteiger charge is 2.22. The van der Waals surface area contributed by atoms with E-state index in [1.54, 1.807) is 45.3 Å². The van der Waals surface area contributed by atoms with Gasteiger partial charge in [0.1, 0.15) is 5.75 Å². The molecule has 0 bridgehead atoms. The Morgan fingerprint density at radius 1 is 1.03 bits per heavy atom. The highest BCUT2D eigenvalue weighted by Crippen LogP contribution is 2.34. The summed E-state index contributed by atoms with van der Waals surface area (Å²) >= 11 is 5.96. The summed E-state index contributed by atoms with van der Waals surface area (Å²) in [6.45, 7) is 3.46. The second-order valence-corrected chi connectivity index (χ2v) is 7.05. The molecule has 0 aliphatic carbocycles. The Morgan fingerprint density at radius 3 is 2.21 bits per heavy atom. The third-order valence-corrected chi connectivity index (χ3v) is 4.46. The molecular weight excluding hydrogens is 396 g/mol. The van der Waals surface area contributed by atoms with E-state index in [1.807, 2.05) is 6.92 Å². The lowest BCUT2D eigenvalue weighted by Crippen LogP contribution is -2.32. The van der Waals surface area contributed by atoms with Gasteiger partial charge in [-0.1, -0.05) is 11.6 Å². The molecule has 1 unspecified atom stereocenters. The van der Waals surface area contributed by atoms with Crippen LogP contribution in [0.4, 0.5) is 5.69 Å². The highest BCUT2D eigenvalue weighted by molar-refractivity contribution is 6.30. The number of hydrogen-bond acceptors (Lipinski definition) is 5. The molecule has 1 atom stereocenters. The molecule has 2 rings (SSSR count). The SMILES string of the molecule is COc1cc(NC(=O)C(C)Oc2ccc(Cl)cc2C)c(C(=O)N(C)C)cc1OC. The number of benzene rings is 2. The van der Waals surface area contributed by atoms with Gasteiger partial charge in [0.05, 0.1) is 25.5 Å². The lowest BCUT2D eigenvalue weighted by atomic mass is 10.1. The molecule has 156 valence electrons. The van der Waals surface area contributed by atoms with Gasteiger partial charge in [0.25, 0.3) is 11.8 Å². The second kappa shape index (κ2) is 9.52. The van der Waals surface area contributed by atoms with E-state index in [2.05, 4.69) is 5.32 Å². The molecule has 2 amide bonds. The van der Waals surface area contributed by atoms with E-state index >= 15 is 0 Å². The smallest absolute Gasteiger partial charge is 0.265 e. The minimum absolute atomic E-state index is 0.274. The lowest BCUT2D eigenvalue weighted by Gasteiger charge is -2.20. The summed E-state index contributed by atoms with van der Waals surface area (Å²) in [6.07, 6.45) is -0.815. The maximum Gasteiger partial charge on any atom is 0.265 e. The molecule has 0 aromatic heterocycles. The lowest BCUT2D eigenvalue weighted by molar-refractivity contribution is -0.122. The average Bonchev–Trinajstić information content (AvgIpc) is 2.68. The highest BCUT2D eigenvalue weighted by atomic mass is 35.5. The summed E-state index contributed by atoms with van der Waals surface area (Å²) in [5.74, 6) is 0.619. The molecule has 7 nitrogen and oxygen atoms in total. The van der Waals surface area contributed by atoms with Gasteiger partial charge in [0.2, 0.25) is 0 Å². The second-order valence-electron chi connectivity index (χ2n) is 6.61. The summed E-state index contributed by atoms with van der Waals surface area (Å²) < 4.78 is 16.3. The van der Waals surface area contributed by atoms with Gasteiger partial charge in [-0.2, -0.15) is 0 Å². The van der Waals surface area contributed by atoms with Crippen molar-refractivity contribution in [2.45, 2.75) is 20.0 Å². The van der Waals surface area contributed by atoms with Gasteiger partial charge in [0.15, 0.2) is 17.6 Å². The van der Waals surface area contributed by atoms with Crippen LogP contribution in [0.1, 0.15) is 22.8 Å². The van der Waals surface area contributed by atoms with Crippen molar-refractivity contribution in [3.8, 4) is 17.2 Å². The van der Waals surface area contributed by atoms with E-state index in [-0.39, 0.29) is 11.5 Å². The summed E-state index contributed by atoms with van der Waals surface area (Å²) in [4.78, 5) is 26.7. The summed E-state index contributed by atoms with van der Waals surface area (Å²) in [6, 6.07) is 8.23. The molecule has 0 heterocycles. The summed E-state index contributed by atoms with van der Waals surface area (Å²) in [7, 11) is 6.20. The minimum Gasteiger partial charge on any atom is -0.493 e. The molecule has 0 spiro atoms. The Morgan fingerprint density at radius 2 is 1.66 bits per heavy atom. The zero-order chi connectivity index (χ0) is 21.7. The Kier molecular flexibility index (Phi) is 7.34. The third kappa shape index (κ3) is 5.32. The van der Waals surface area contributed by atoms with Crippen molar-refractivity contribution in [1.82, 2.24) is 4.90 Å². The first-order chi connectivity index (χ1) is 13.7. The van der Waals surface area contributed by atoms with Crippen molar-refractivity contribution < 1.29 is 23.8 Å². The van der Waals surface area contributed by atoms with E-state index in [0.717, 1.165) is 5.56 Å². The Bertz CT molecular complexity index is 914. The van der Waals surface area contributed by atoms with Gasteiger partial charge < -0.3 is 24.4 Å². The quantitative estimate of drug-likeness (QED) is 0.737. The fraction of sp³-hybridized carbons (Fsp3) is 0.333. The topological polar surface area (TPSA) is 77.1 Å². The number of halogens is 1. The van der Waals surface area contributed by atoms with Crippen LogP contribution in [0.25, 0.3) is 0 Å². The van der Waals surface area contributed by atoms with Crippen LogP contribution in [0.5, 0.6) is 17.2 Å².